The predicted octanol–water partition coefficient (Wildman–Crippen LogP) is 1.82. The van der Waals surface area contributed by atoms with Gasteiger partial charge in [-0.1, -0.05) is 13.8 Å². The number of aromatic nitrogens is 1. The lowest BCUT2D eigenvalue weighted by Crippen LogP contribution is -2.41. The fourth-order valence-electron chi connectivity index (χ4n) is 2.27. The summed E-state index contributed by atoms with van der Waals surface area (Å²) in [5.74, 6) is -0.843. The molecule has 1 amide bonds. The lowest BCUT2D eigenvalue weighted by Gasteiger charge is -2.21. The summed E-state index contributed by atoms with van der Waals surface area (Å²) in [5.41, 5.74) is -0.138. The van der Waals surface area contributed by atoms with Gasteiger partial charge in [-0.05, 0) is 25.0 Å². The molecular weight excluding hydrogens is 286 g/mol. The van der Waals surface area contributed by atoms with E-state index >= 15 is 0 Å². The number of fused-ring (bicyclic) bond motifs is 1. The molecule has 3 heterocycles. The number of rotatable bonds is 3. The highest BCUT2D eigenvalue weighted by Crippen LogP contribution is 2.27. The summed E-state index contributed by atoms with van der Waals surface area (Å²) in [5, 5.41) is 12.2. The van der Waals surface area contributed by atoms with Crippen molar-refractivity contribution in [2.45, 2.75) is 26.3 Å². The monoisotopic (exact) mass is 301 g/mol. The molecule has 7 nitrogen and oxygen atoms in total. The fraction of sp³-hybridized carbons (Fsp3) is 0.333. The van der Waals surface area contributed by atoms with Crippen molar-refractivity contribution in [2.75, 3.05) is 0 Å². The van der Waals surface area contributed by atoms with Crippen LogP contribution in [0.5, 0.6) is 0 Å². The van der Waals surface area contributed by atoms with E-state index in [0.29, 0.717) is 16.9 Å². The van der Waals surface area contributed by atoms with Crippen molar-refractivity contribution in [2.24, 2.45) is 10.9 Å². The molecule has 0 aliphatic carbocycles. The maximum Gasteiger partial charge on any atom is 0.339 e. The van der Waals surface area contributed by atoms with E-state index in [0.717, 1.165) is 6.26 Å². The van der Waals surface area contributed by atoms with Crippen LogP contribution in [0.1, 0.15) is 36.8 Å². The van der Waals surface area contributed by atoms with E-state index in [4.69, 9.17) is 9.52 Å². The van der Waals surface area contributed by atoms with E-state index in [-0.39, 0.29) is 23.1 Å². The van der Waals surface area contributed by atoms with Crippen LogP contribution in [0.2, 0.25) is 0 Å². The molecule has 2 aromatic rings. The maximum atomic E-state index is 12.1. The molecule has 0 bridgehead atoms. The lowest BCUT2D eigenvalue weighted by molar-refractivity contribution is -0.124. The number of aliphatic imine (C=N–C) groups is 1. The van der Waals surface area contributed by atoms with Gasteiger partial charge in [0.05, 0.1) is 5.39 Å². The van der Waals surface area contributed by atoms with Crippen molar-refractivity contribution >= 4 is 28.8 Å². The van der Waals surface area contributed by atoms with E-state index < -0.39 is 11.5 Å². The molecule has 2 N–H and O–H groups in total. The summed E-state index contributed by atoms with van der Waals surface area (Å²) in [4.78, 5) is 31.9. The minimum Gasteiger partial charge on any atom is -0.478 e. The number of carbonyl (C=O) groups is 2. The molecule has 0 radical (unpaired) electrons. The number of hydrogen-bond acceptors (Lipinski definition) is 5. The Morgan fingerprint density at radius 2 is 2.14 bits per heavy atom. The number of aromatic carboxylic acids is 1. The number of carboxylic acid groups (broad SMARTS) is 1. The molecule has 0 saturated heterocycles. The second kappa shape index (κ2) is 4.66. The number of amides is 1. The van der Waals surface area contributed by atoms with E-state index in [9.17, 15) is 9.59 Å². The summed E-state index contributed by atoms with van der Waals surface area (Å²) in [6.45, 7) is 5.62. The Bertz CT molecular complexity index is 821. The first-order valence-electron chi connectivity index (χ1n) is 6.86. The maximum absolute atomic E-state index is 12.1. The number of pyridine rings is 1. The van der Waals surface area contributed by atoms with Gasteiger partial charge in [0.15, 0.2) is 5.84 Å². The second-order valence-electron chi connectivity index (χ2n) is 5.72. The molecule has 2 aromatic heterocycles. The Hall–Kier alpha value is -2.70. The Balaban J connectivity index is 2.05. The van der Waals surface area contributed by atoms with Gasteiger partial charge in [-0.2, -0.15) is 0 Å². The number of amidine groups is 1. The summed E-state index contributed by atoms with van der Waals surface area (Å²) in [6, 6.07) is 3.22. The molecule has 1 aliphatic heterocycles. The first-order valence-corrected chi connectivity index (χ1v) is 6.86. The third-order valence-electron chi connectivity index (χ3n) is 4.07. The SMILES string of the molecule is CC(C)C1(C)N=C(c2ccc3c(C(=O)O)coc3n2)NC1=O. The molecule has 22 heavy (non-hydrogen) atoms. The number of furan rings is 1. The van der Waals surface area contributed by atoms with Crippen LogP contribution in [0.15, 0.2) is 27.8 Å². The standard InChI is InChI=1S/C15H15N3O4/c1-7(2)15(3)14(21)17-11(18-15)10-5-4-8-9(13(19)20)6-22-12(8)16-10/h4-7H,1-3H3,(H,19,20)(H,17,18,21). The van der Waals surface area contributed by atoms with Gasteiger partial charge in [-0.3, -0.25) is 4.79 Å². The molecule has 0 saturated carbocycles. The number of nitrogens with one attached hydrogen (secondary N) is 1. The minimum atomic E-state index is -1.08. The van der Waals surface area contributed by atoms with Crippen LogP contribution < -0.4 is 5.32 Å². The van der Waals surface area contributed by atoms with Crippen LogP contribution in [0.4, 0.5) is 0 Å². The van der Waals surface area contributed by atoms with Gasteiger partial charge in [0, 0.05) is 0 Å². The van der Waals surface area contributed by atoms with Crippen LogP contribution in [0, 0.1) is 5.92 Å². The molecule has 1 aliphatic rings. The molecule has 3 rings (SSSR count). The summed E-state index contributed by atoms with van der Waals surface area (Å²) in [7, 11) is 0. The normalized spacial score (nSPS) is 21.3. The number of nitrogens with zero attached hydrogens (tertiary/aromatic N) is 2. The highest BCUT2D eigenvalue weighted by molar-refractivity contribution is 6.15. The Kier molecular flexibility index (Phi) is 3.01. The lowest BCUT2D eigenvalue weighted by atomic mass is 9.89. The Labute approximate surface area is 126 Å². The van der Waals surface area contributed by atoms with E-state index in [1.54, 1.807) is 19.1 Å². The summed E-state index contributed by atoms with van der Waals surface area (Å²) in [6.07, 6.45) is 1.15. The van der Waals surface area contributed by atoms with E-state index in [1.807, 2.05) is 13.8 Å². The van der Waals surface area contributed by atoms with Crippen LogP contribution in [-0.4, -0.2) is 33.3 Å². The van der Waals surface area contributed by atoms with Gasteiger partial charge in [-0.15, -0.1) is 0 Å². The zero-order chi connectivity index (χ0) is 16.1. The largest absolute Gasteiger partial charge is 0.478 e. The molecular formula is C15H15N3O4. The highest BCUT2D eigenvalue weighted by atomic mass is 16.4. The smallest absolute Gasteiger partial charge is 0.339 e. The van der Waals surface area contributed by atoms with Crippen molar-refractivity contribution in [1.29, 1.82) is 0 Å². The second-order valence-corrected chi connectivity index (χ2v) is 5.72. The third-order valence-corrected chi connectivity index (χ3v) is 4.07. The zero-order valence-corrected chi connectivity index (χ0v) is 12.4. The van der Waals surface area contributed by atoms with E-state index in [2.05, 4.69) is 15.3 Å². The number of carboxylic acids is 1. The fourth-order valence-corrected chi connectivity index (χ4v) is 2.27. The van der Waals surface area contributed by atoms with Gasteiger partial charge in [-0.25, -0.2) is 14.8 Å². The quantitative estimate of drug-likeness (QED) is 0.899. The van der Waals surface area contributed by atoms with Crippen molar-refractivity contribution in [3.8, 4) is 0 Å². The van der Waals surface area contributed by atoms with Crippen LogP contribution in [-0.2, 0) is 4.79 Å². The first kappa shape index (κ1) is 14.2. The molecule has 1 unspecified atom stereocenters. The van der Waals surface area contributed by atoms with Gasteiger partial charge in [0.25, 0.3) is 5.91 Å². The molecule has 0 aromatic carbocycles. The van der Waals surface area contributed by atoms with Crippen molar-refractivity contribution < 1.29 is 19.1 Å². The molecule has 0 spiro atoms. The average Bonchev–Trinajstić information content (AvgIpc) is 3.01. The average molecular weight is 301 g/mol. The van der Waals surface area contributed by atoms with Crippen molar-refractivity contribution in [3.63, 3.8) is 0 Å². The number of carbonyl (C=O) groups excluding carboxylic acids is 1. The van der Waals surface area contributed by atoms with Crippen molar-refractivity contribution in [1.82, 2.24) is 10.3 Å². The zero-order valence-electron chi connectivity index (χ0n) is 12.4. The minimum absolute atomic E-state index is 0.0379. The molecule has 0 fully saturated rings. The molecule has 7 heteroatoms. The Morgan fingerprint density at radius 1 is 1.41 bits per heavy atom. The number of hydrogen-bond donors (Lipinski definition) is 2. The van der Waals surface area contributed by atoms with Crippen LogP contribution in [0.3, 0.4) is 0 Å². The summed E-state index contributed by atoms with van der Waals surface area (Å²) < 4.78 is 5.18. The Morgan fingerprint density at radius 3 is 2.73 bits per heavy atom. The van der Waals surface area contributed by atoms with Crippen molar-refractivity contribution in [3.05, 3.63) is 29.7 Å². The highest BCUT2D eigenvalue weighted by Gasteiger charge is 2.42. The van der Waals surface area contributed by atoms with Crippen LogP contribution in [0.25, 0.3) is 11.1 Å². The molecule has 1 atom stereocenters. The first-order chi connectivity index (χ1) is 10.3. The third kappa shape index (κ3) is 1.97. The van der Waals surface area contributed by atoms with Gasteiger partial charge >= 0.3 is 5.97 Å². The van der Waals surface area contributed by atoms with Gasteiger partial charge in [0.1, 0.15) is 23.1 Å². The van der Waals surface area contributed by atoms with Crippen LogP contribution >= 0.6 is 0 Å². The molecule has 114 valence electrons. The predicted molar refractivity (Wildman–Crippen MR) is 78.9 cm³/mol. The summed E-state index contributed by atoms with van der Waals surface area (Å²) >= 11 is 0. The van der Waals surface area contributed by atoms with E-state index in [1.165, 1.54) is 0 Å². The van der Waals surface area contributed by atoms with Gasteiger partial charge in [0.2, 0.25) is 5.71 Å². The topological polar surface area (TPSA) is 105 Å². The van der Waals surface area contributed by atoms with Gasteiger partial charge < -0.3 is 14.8 Å².